The third-order valence-corrected chi connectivity index (χ3v) is 5.36. The topological polar surface area (TPSA) is 57.7 Å². The first-order valence-electron chi connectivity index (χ1n) is 5.76. The van der Waals surface area contributed by atoms with E-state index in [0.717, 1.165) is 19.4 Å². The van der Waals surface area contributed by atoms with E-state index >= 15 is 0 Å². The average Bonchev–Trinajstić information content (AvgIpc) is 2.57. The van der Waals surface area contributed by atoms with Gasteiger partial charge in [-0.3, -0.25) is 4.79 Å². The number of alkyl halides is 1. The highest BCUT2D eigenvalue weighted by molar-refractivity contribution is 9.09. The molecule has 2 aliphatic rings. The summed E-state index contributed by atoms with van der Waals surface area (Å²) in [7, 11) is -3.08. The smallest absolute Gasteiger partial charge is 0.224 e. The zero-order chi connectivity index (χ0) is 12.6. The first-order valence-corrected chi connectivity index (χ1v) is 8.53. The van der Waals surface area contributed by atoms with Crippen LogP contribution in [0.5, 0.6) is 0 Å². The molecule has 2 fully saturated rings. The van der Waals surface area contributed by atoms with E-state index in [1.54, 1.807) is 0 Å². The third-order valence-electron chi connectivity index (χ3n) is 3.44. The van der Waals surface area contributed by atoms with Crippen molar-refractivity contribution < 1.29 is 13.2 Å². The fraction of sp³-hybridized carbons (Fsp3) is 0.900. The van der Waals surface area contributed by atoms with Gasteiger partial charge in [0.25, 0.3) is 0 Å². The van der Waals surface area contributed by atoms with Crippen molar-refractivity contribution in [1.29, 1.82) is 0 Å². The minimum atomic E-state index is -3.08. The van der Waals surface area contributed by atoms with E-state index < -0.39 is 10.0 Å². The summed E-state index contributed by atoms with van der Waals surface area (Å²) in [5.41, 5.74) is 0. The molecule has 0 bridgehead atoms. The van der Waals surface area contributed by atoms with E-state index in [-0.39, 0.29) is 16.8 Å². The highest BCUT2D eigenvalue weighted by Gasteiger charge is 2.35. The summed E-state index contributed by atoms with van der Waals surface area (Å²) >= 11 is 3.46. The largest absolute Gasteiger partial charge is 0.338 e. The summed E-state index contributed by atoms with van der Waals surface area (Å²) in [5.74, 6) is 0.185. The van der Waals surface area contributed by atoms with Crippen molar-refractivity contribution in [2.45, 2.75) is 30.1 Å². The number of amides is 1. The van der Waals surface area contributed by atoms with Gasteiger partial charge in [0.05, 0.1) is 6.26 Å². The van der Waals surface area contributed by atoms with Gasteiger partial charge in [-0.05, 0) is 12.8 Å². The van der Waals surface area contributed by atoms with Gasteiger partial charge in [0.15, 0.2) is 0 Å². The maximum atomic E-state index is 11.7. The van der Waals surface area contributed by atoms with Gasteiger partial charge in [0.2, 0.25) is 15.9 Å². The lowest BCUT2D eigenvalue weighted by Gasteiger charge is -2.35. The fourth-order valence-electron chi connectivity index (χ4n) is 2.52. The van der Waals surface area contributed by atoms with Crippen molar-refractivity contribution in [1.82, 2.24) is 9.21 Å². The molecule has 0 spiro atoms. The summed E-state index contributed by atoms with van der Waals surface area (Å²) in [6.45, 7) is 1.81. The molecule has 1 unspecified atom stereocenters. The molecule has 0 saturated carbocycles. The number of sulfonamides is 1. The number of rotatable bonds is 2. The van der Waals surface area contributed by atoms with Gasteiger partial charge in [-0.15, -0.1) is 0 Å². The number of carbonyl (C=O) groups is 1. The van der Waals surface area contributed by atoms with Crippen molar-refractivity contribution in [3.05, 3.63) is 0 Å². The fourth-order valence-corrected chi connectivity index (χ4v) is 3.99. The predicted octanol–water partition coefficient (Wildman–Crippen LogP) is 0.406. The average molecular weight is 325 g/mol. The van der Waals surface area contributed by atoms with Crippen molar-refractivity contribution >= 4 is 31.9 Å². The van der Waals surface area contributed by atoms with Crippen molar-refractivity contribution in [3.8, 4) is 0 Å². The molecule has 7 heteroatoms. The summed E-state index contributed by atoms with van der Waals surface area (Å²) in [5, 5.41) is 0. The Labute approximate surface area is 110 Å². The van der Waals surface area contributed by atoms with Crippen LogP contribution in [-0.2, 0) is 14.8 Å². The number of nitrogens with zero attached hydrogens (tertiary/aromatic N) is 2. The van der Waals surface area contributed by atoms with Gasteiger partial charge in [-0.2, -0.15) is 0 Å². The van der Waals surface area contributed by atoms with Gasteiger partial charge in [-0.25, -0.2) is 12.7 Å². The van der Waals surface area contributed by atoms with Crippen molar-refractivity contribution in [2.75, 3.05) is 25.9 Å². The van der Waals surface area contributed by atoms with Crippen molar-refractivity contribution in [3.63, 3.8) is 0 Å². The van der Waals surface area contributed by atoms with E-state index in [4.69, 9.17) is 0 Å². The minimum Gasteiger partial charge on any atom is -0.338 e. The Hall–Kier alpha value is -0.140. The SMILES string of the molecule is CS(=O)(=O)N1CCC(N2CC(Br)CC2=O)CC1. The van der Waals surface area contributed by atoms with Crippen LogP contribution in [0.3, 0.4) is 0 Å². The van der Waals surface area contributed by atoms with Crippen LogP contribution in [0.2, 0.25) is 0 Å². The lowest BCUT2D eigenvalue weighted by atomic mass is 10.1. The van der Waals surface area contributed by atoms with Crippen LogP contribution < -0.4 is 0 Å². The van der Waals surface area contributed by atoms with Crippen LogP contribution in [0.4, 0.5) is 0 Å². The van der Waals surface area contributed by atoms with E-state index in [1.165, 1.54) is 10.6 Å². The molecule has 98 valence electrons. The highest BCUT2D eigenvalue weighted by atomic mass is 79.9. The number of likely N-dealkylation sites (tertiary alicyclic amines) is 1. The predicted molar refractivity (Wildman–Crippen MR) is 68.5 cm³/mol. The van der Waals surface area contributed by atoms with E-state index in [9.17, 15) is 13.2 Å². The van der Waals surface area contributed by atoms with Crippen LogP contribution in [0.1, 0.15) is 19.3 Å². The second-order valence-electron chi connectivity index (χ2n) is 4.74. The summed E-state index contributed by atoms with van der Waals surface area (Å²) in [4.78, 5) is 13.9. The third kappa shape index (κ3) is 3.00. The second kappa shape index (κ2) is 4.85. The Kier molecular flexibility index (Phi) is 3.80. The van der Waals surface area contributed by atoms with Crippen molar-refractivity contribution in [2.24, 2.45) is 0 Å². The first kappa shape index (κ1) is 13.3. The second-order valence-corrected chi connectivity index (χ2v) is 8.02. The molecule has 0 N–H and O–H groups in total. The van der Waals surface area contributed by atoms with Gasteiger partial charge in [0.1, 0.15) is 0 Å². The lowest BCUT2D eigenvalue weighted by Crippen LogP contribution is -2.47. The molecule has 0 aromatic carbocycles. The van der Waals surface area contributed by atoms with Gasteiger partial charge in [0, 0.05) is 36.9 Å². The number of hydrogen-bond acceptors (Lipinski definition) is 3. The monoisotopic (exact) mass is 324 g/mol. The molecule has 0 aromatic heterocycles. The van der Waals surface area contributed by atoms with Crippen LogP contribution in [0.25, 0.3) is 0 Å². The molecule has 17 heavy (non-hydrogen) atoms. The molecule has 2 saturated heterocycles. The normalized spacial score (nSPS) is 28.9. The summed E-state index contributed by atoms with van der Waals surface area (Å²) in [6, 6.07) is 0.211. The molecule has 0 aromatic rings. The maximum Gasteiger partial charge on any atom is 0.224 e. The van der Waals surface area contributed by atoms with Crippen LogP contribution >= 0.6 is 15.9 Å². The Morgan fingerprint density at radius 1 is 1.29 bits per heavy atom. The zero-order valence-corrected chi connectivity index (χ0v) is 12.2. The van der Waals surface area contributed by atoms with Gasteiger partial charge >= 0.3 is 0 Å². The van der Waals surface area contributed by atoms with E-state index in [2.05, 4.69) is 15.9 Å². The van der Waals surface area contributed by atoms with Crippen LogP contribution in [-0.4, -0.2) is 60.3 Å². The van der Waals surface area contributed by atoms with Crippen LogP contribution in [0.15, 0.2) is 0 Å². The molecule has 0 aliphatic carbocycles. The molecule has 0 radical (unpaired) electrons. The Morgan fingerprint density at radius 2 is 1.88 bits per heavy atom. The van der Waals surface area contributed by atoms with E-state index in [1.807, 2.05) is 4.90 Å². The molecule has 2 aliphatic heterocycles. The number of carbonyl (C=O) groups excluding carboxylic acids is 1. The highest BCUT2D eigenvalue weighted by Crippen LogP contribution is 2.26. The first-order chi connectivity index (χ1) is 7.88. The molecular formula is C10H17BrN2O3S. The van der Waals surface area contributed by atoms with Crippen LogP contribution in [0, 0.1) is 0 Å². The quantitative estimate of drug-likeness (QED) is 0.691. The number of hydrogen-bond donors (Lipinski definition) is 0. The Bertz CT molecular complexity index is 404. The summed E-state index contributed by atoms with van der Waals surface area (Å²) in [6.07, 6.45) is 3.30. The Balaban J connectivity index is 1.94. The Morgan fingerprint density at radius 3 is 2.29 bits per heavy atom. The molecule has 5 nitrogen and oxygen atoms in total. The standard InChI is InChI=1S/C10H17BrN2O3S/c1-17(15,16)12-4-2-9(3-5-12)13-7-8(11)6-10(13)14/h8-9H,2-7H2,1H3. The molecule has 2 rings (SSSR count). The molecule has 2 heterocycles. The van der Waals surface area contributed by atoms with Gasteiger partial charge in [-0.1, -0.05) is 15.9 Å². The zero-order valence-electron chi connectivity index (χ0n) is 9.80. The van der Waals surface area contributed by atoms with Gasteiger partial charge < -0.3 is 4.90 Å². The molecular weight excluding hydrogens is 308 g/mol. The molecule has 1 atom stereocenters. The van der Waals surface area contributed by atoms with E-state index in [0.29, 0.717) is 19.5 Å². The maximum absolute atomic E-state index is 11.7. The number of halogens is 1. The number of piperidine rings is 1. The summed E-state index contributed by atoms with van der Waals surface area (Å²) < 4.78 is 24.2. The lowest BCUT2D eigenvalue weighted by molar-refractivity contribution is -0.130. The molecule has 1 amide bonds. The minimum absolute atomic E-state index is 0.185.